The van der Waals surface area contributed by atoms with E-state index >= 15 is 0 Å². The number of guanidine groups is 1. The number of anilines is 1. The summed E-state index contributed by atoms with van der Waals surface area (Å²) in [6.07, 6.45) is 1.17. The lowest BCUT2D eigenvalue weighted by atomic mass is 10.2. The van der Waals surface area contributed by atoms with Gasteiger partial charge in [0.2, 0.25) is 0 Å². The van der Waals surface area contributed by atoms with E-state index in [2.05, 4.69) is 14.9 Å². The van der Waals surface area contributed by atoms with E-state index in [1.165, 1.54) is 18.3 Å². The van der Waals surface area contributed by atoms with Crippen molar-refractivity contribution >= 4 is 23.2 Å². The van der Waals surface area contributed by atoms with E-state index in [-0.39, 0.29) is 5.69 Å². The number of nitro groups is 1. The first-order valence-electron chi connectivity index (χ1n) is 8.15. The summed E-state index contributed by atoms with van der Waals surface area (Å²) in [5.74, 6) is 1.55. The first-order chi connectivity index (χ1) is 12.6. The van der Waals surface area contributed by atoms with E-state index in [9.17, 15) is 10.1 Å². The van der Waals surface area contributed by atoms with Crippen LogP contribution in [0.25, 0.3) is 0 Å². The smallest absolute Gasteiger partial charge is 0.287 e. The predicted molar refractivity (Wildman–Crippen MR) is 99.0 cm³/mol. The van der Waals surface area contributed by atoms with Crippen molar-refractivity contribution in [2.45, 2.75) is 0 Å². The molecule has 0 unspecified atom stereocenters. The summed E-state index contributed by atoms with van der Waals surface area (Å²) in [5, 5.41) is 10.7. The van der Waals surface area contributed by atoms with Crippen LogP contribution >= 0.6 is 0 Å². The molecule has 1 fully saturated rings. The van der Waals surface area contributed by atoms with Crippen molar-refractivity contribution in [1.29, 1.82) is 0 Å². The Morgan fingerprint density at radius 2 is 1.88 bits per heavy atom. The van der Waals surface area contributed by atoms with Crippen LogP contribution in [0.3, 0.4) is 0 Å². The molecular weight excluding hydrogens is 336 g/mol. The monoisotopic (exact) mass is 356 g/mol. The summed E-state index contributed by atoms with van der Waals surface area (Å²) in [7, 11) is 1.65. The zero-order chi connectivity index (χ0) is 18.5. The predicted octanol–water partition coefficient (Wildman–Crippen LogP) is 1.77. The number of aromatic nitrogens is 1. The molecule has 0 spiro atoms. The van der Waals surface area contributed by atoms with Gasteiger partial charge in [-0.2, -0.15) is 4.99 Å². The molecule has 1 aromatic carbocycles. The molecule has 9 heteroatoms. The van der Waals surface area contributed by atoms with Gasteiger partial charge in [-0.3, -0.25) is 10.1 Å². The molecule has 1 aromatic heterocycles. The lowest BCUT2D eigenvalue weighted by Gasteiger charge is -2.36. The number of nitrogens with zero attached hydrogens (tertiary/aromatic N) is 5. The van der Waals surface area contributed by atoms with E-state index in [4.69, 9.17) is 10.5 Å². The van der Waals surface area contributed by atoms with Crippen LogP contribution in [-0.4, -0.2) is 54.1 Å². The maximum Gasteiger partial charge on any atom is 0.287 e. The van der Waals surface area contributed by atoms with Gasteiger partial charge in [-0.15, -0.1) is 0 Å². The summed E-state index contributed by atoms with van der Waals surface area (Å²) >= 11 is 0. The number of aliphatic imine (C=N–C) groups is 1. The van der Waals surface area contributed by atoms with Gasteiger partial charge in [0.1, 0.15) is 11.9 Å². The molecule has 0 amide bonds. The number of methoxy groups -OCH3 is 1. The van der Waals surface area contributed by atoms with E-state index < -0.39 is 4.92 Å². The van der Waals surface area contributed by atoms with Gasteiger partial charge in [-0.05, 0) is 30.3 Å². The van der Waals surface area contributed by atoms with Gasteiger partial charge in [-0.25, -0.2) is 4.98 Å². The molecule has 3 rings (SSSR count). The standard InChI is InChI=1S/C17H20N6O3/c1-26-15-5-2-13(3-6-15)21-8-10-22(11-9-21)17(18)20-16-7-4-14(12-19-16)23(24)25/h2-7,12H,8-11H2,1H3,(H2,18,19,20). The number of ether oxygens (including phenoxy) is 1. The third-order valence-corrected chi connectivity index (χ3v) is 4.21. The second-order valence-corrected chi connectivity index (χ2v) is 5.77. The van der Waals surface area contributed by atoms with Crippen LogP contribution in [0.5, 0.6) is 5.75 Å². The van der Waals surface area contributed by atoms with Gasteiger partial charge in [0, 0.05) is 37.9 Å². The van der Waals surface area contributed by atoms with Crippen LogP contribution < -0.4 is 15.4 Å². The van der Waals surface area contributed by atoms with Gasteiger partial charge >= 0.3 is 0 Å². The number of benzene rings is 1. The highest BCUT2D eigenvalue weighted by molar-refractivity contribution is 5.80. The molecule has 2 N–H and O–H groups in total. The molecule has 1 aliphatic heterocycles. The maximum absolute atomic E-state index is 10.7. The second-order valence-electron chi connectivity index (χ2n) is 5.77. The van der Waals surface area contributed by atoms with Gasteiger partial charge < -0.3 is 20.3 Å². The zero-order valence-corrected chi connectivity index (χ0v) is 14.4. The van der Waals surface area contributed by atoms with Crippen molar-refractivity contribution < 1.29 is 9.66 Å². The minimum Gasteiger partial charge on any atom is -0.497 e. The molecule has 26 heavy (non-hydrogen) atoms. The highest BCUT2D eigenvalue weighted by Gasteiger charge is 2.19. The minimum atomic E-state index is -0.498. The van der Waals surface area contributed by atoms with Crippen molar-refractivity contribution in [1.82, 2.24) is 9.88 Å². The highest BCUT2D eigenvalue weighted by Crippen LogP contribution is 2.21. The fourth-order valence-corrected chi connectivity index (χ4v) is 2.73. The van der Waals surface area contributed by atoms with Crippen molar-refractivity contribution in [3.63, 3.8) is 0 Å². The Balaban J connectivity index is 1.60. The SMILES string of the molecule is COc1ccc(N2CCN(C(N)=Nc3ccc([N+](=O)[O-])cn3)CC2)cc1. The molecule has 0 saturated carbocycles. The van der Waals surface area contributed by atoms with E-state index in [0.717, 1.165) is 37.6 Å². The Hall–Kier alpha value is -3.36. The van der Waals surface area contributed by atoms with E-state index in [0.29, 0.717) is 11.8 Å². The Bertz CT molecular complexity index is 783. The summed E-state index contributed by atoms with van der Waals surface area (Å²) < 4.78 is 5.18. The molecule has 0 bridgehead atoms. The van der Waals surface area contributed by atoms with Crippen LogP contribution in [0.1, 0.15) is 0 Å². The van der Waals surface area contributed by atoms with Crippen LogP contribution in [0.2, 0.25) is 0 Å². The summed E-state index contributed by atoms with van der Waals surface area (Å²) in [6.45, 7) is 3.09. The highest BCUT2D eigenvalue weighted by atomic mass is 16.6. The van der Waals surface area contributed by atoms with Crippen LogP contribution in [-0.2, 0) is 0 Å². The van der Waals surface area contributed by atoms with Crippen molar-refractivity contribution in [2.24, 2.45) is 10.7 Å². The van der Waals surface area contributed by atoms with E-state index in [1.807, 2.05) is 29.2 Å². The van der Waals surface area contributed by atoms with Crippen molar-refractivity contribution in [2.75, 3.05) is 38.2 Å². The number of hydrogen-bond donors (Lipinski definition) is 1. The Kier molecular flexibility index (Phi) is 5.16. The molecule has 0 radical (unpaired) electrons. The van der Waals surface area contributed by atoms with Crippen LogP contribution in [0, 0.1) is 10.1 Å². The van der Waals surface area contributed by atoms with Gasteiger partial charge in [0.25, 0.3) is 5.69 Å². The first kappa shape index (κ1) is 17.5. The summed E-state index contributed by atoms with van der Waals surface area (Å²) in [6, 6.07) is 10.8. The van der Waals surface area contributed by atoms with Gasteiger partial charge in [0.15, 0.2) is 11.8 Å². The summed E-state index contributed by atoms with van der Waals surface area (Å²) in [4.78, 5) is 22.6. The quantitative estimate of drug-likeness (QED) is 0.385. The van der Waals surface area contributed by atoms with Crippen LogP contribution in [0.4, 0.5) is 17.2 Å². The largest absolute Gasteiger partial charge is 0.497 e. The minimum absolute atomic E-state index is 0.0735. The fourth-order valence-electron chi connectivity index (χ4n) is 2.73. The number of pyridine rings is 1. The molecule has 0 atom stereocenters. The molecule has 9 nitrogen and oxygen atoms in total. The third-order valence-electron chi connectivity index (χ3n) is 4.21. The van der Waals surface area contributed by atoms with Crippen LogP contribution in [0.15, 0.2) is 47.6 Å². The molecule has 1 aliphatic rings. The second kappa shape index (κ2) is 7.68. The zero-order valence-electron chi connectivity index (χ0n) is 14.4. The van der Waals surface area contributed by atoms with Gasteiger partial charge in [-0.1, -0.05) is 0 Å². The van der Waals surface area contributed by atoms with Crippen molar-refractivity contribution in [3.05, 3.63) is 52.7 Å². The first-order valence-corrected chi connectivity index (χ1v) is 8.15. The average Bonchev–Trinajstić information content (AvgIpc) is 2.68. The maximum atomic E-state index is 10.7. The molecule has 0 aliphatic carbocycles. The average molecular weight is 356 g/mol. The number of nitrogens with two attached hydrogens (primary N) is 1. The molecule has 2 heterocycles. The molecular formula is C17H20N6O3. The Morgan fingerprint density at radius 1 is 1.19 bits per heavy atom. The molecule has 2 aromatic rings. The van der Waals surface area contributed by atoms with Gasteiger partial charge in [0.05, 0.1) is 12.0 Å². The fraction of sp³-hybridized carbons (Fsp3) is 0.294. The molecule has 136 valence electrons. The number of rotatable bonds is 4. The number of hydrogen-bond acceptors (Lipinski definition) is 6. The topological polar surface area (TPSA) is 110 Å². The molecule has 1 saturated heterocycles. The lowest BCUT2D eigenvalue weighted by Crippen LogP contribution is -2.51. The number of piperazine rings is 1. The normalized spacial score (nSPS) is 15.0. The summed E-state index contributed by atoms with van der Waals surface area (Å²) in [5.41, 5.74) is 7.13. The Morgan fingerprint density at radius 3 is 2.42 bits per heavy atom. The van der Waals surface area contributed by atoms with E-state index in [1.54, 1.807) is 7.11 Å². The van der Waals surface area contributed by atoms with Crippen molar-refractivity contribution in [3.8, 4) is 5.75 Å². The lowest BCUT2D eigenvalue weighted by molar-refractivity contribution is -0.385. The Labute approximate surface area is 150 Å². The third kappa shape index (κ3) is 4.00.